The molecule has 90 valence electrons. The fraction of sp³-hybridized carbons (Fsp3) is 0.0833. The summed E-state index contributed by atoms with van der Waals surface area (Å²) < 4.78 is 5.20. The van der Waals surface area contributed by atoms with Gasteiger partial charge in [0.2, 0.25) is 0 Å². The van der Waals surface area contributed by atoms with E-state index in [2.05, 4.69) is 15.3 Å². The molecule has 1 N–H and O–H groups in total. The van der Waals surface area contributed by atoms with Gasteiger partial charge in [-0.3, -0.25) is 0 Å². The van der Waals surface area contributed by atoms with Crippen molar-refractivity contribution in [3.8, 4) is 11.8 Å². The van der Waals surface area contributed by atoms with Gasteiger partial charge in [-0.2, -0.15) is 5.26 Å². The second kappa shape index (κ2) is 5.34. The van der Waals surface area contributed by atoms with E-state index in [0.29, 0.717) is 22.3 Å². The molecule has 2 rings (SSSR count). The van der Waals surface area contributed by atoms with E-state index >= 15 is 0 Å². The van der Waals surface area contributed by atoms with Crippen molar-refractivity contribution in [2.24, 2.45) is 0 Å². The smallest absolute Gasteiger partial charge is 0.145 e. The van der Waals surface area contributed by atoms with Gasteiger partial charge in [0, 0.05) is 11.1 Å². The minimum absolute atomic E-state index is 0.286. The molecule has 0 unspecified atom stereocenters. The number of nitrogens with zero attached hydrogens (tertiary/aromatic N) is 3. The van der Waals surface area contributed by atoms with Crippen LogP contribution in [0.4, 0.5) is 11.5 Å². The summed E-state index contributed by atoms with van der Waals surface area (Å²) in [5.74, 6) is 1.14. The summed E-state index contributed by atoms with van der Waals surface area (Å²) in [6, 6.07) is 8.68. The molecule has 0 spiro atoms. The third-order valence-electron chi connectivity index (χ3n) is 2.21. The minimum atomic E-state index is 0.286. The normalized spacial score (nSPS) is 9.61. The Bertz CT molecular complexity index is 609. The van der Waals surface area contributed by atoms with Crippen LogP contribution in [0, 0.1) is 11.3 Å². The fourth-order valence-electron chi connectivity index (χ4n) is 1.40. The molecule has 1 heterocycles. The van der Waals surface area contributed by atoms with E-state index in [-0.39, 0.29) is 5.69 Å². The van der Waals surface area contributed by atoms with Crippen molar-refractivity contribution < 1.29 is 4.74 Å². The molecule has 18 heavy (non-hydrogen) atoms. The first-order valence-corrected chi connectivity index (χ1v) is 5.43. The highest BCUT2D eigenvalue weighted by molar-refractivity contribution is 6.31. The molecule has 6 heteroatoms. The third kappa shape index (κ3) is 2.67. The van der Waals surface area contributed by atoms with Crippen LogP contribution in [-0.2, 0) is 0 Å². The summed E-state index contributed by atoms with van der Waals surface area (Å²) >= 11 is 5.92. The molecule has 1 aromatic heterocycles. The number of anilines is 2. The zero-order valence-electron chi connectivity index (χ0n) is 9.51. The lowest BCUT2D eigenvalue weighted by molar-refractivity contribution is 0.417. The number of rotatable bonds is 3. The monoisotopic (exact) mass is 260 g/mol. The number of nitriles is 1. The van der Waals surface area contributed by atoms with Gasteiger partial charge in [-0.1, -0.05) is 11.6 Å². The van der Waals surface area contributed by atoms with Gasteiger partial charge in [-0.05, 0) is 18.2 Å². The van der Waals surface area contributed by atoms with E-state index in [1.165, 1.54) is 6.33 Å². The number of benzene rings is 1. The number of halogens is 1. The first kappa shape index (κ1) is 12.1. The molecule has 0 bridgehead atoms. The number of methoxy groups -OCH3 is 1. The molecular formula is C12H9ClN4O. The highest BCUT2D eigenvalue weighted by atomic mass is 35.5. The maximum Gasteiger partial charge on any atom is 0.145 e. The predicted octanol–water partition coefficient (Wildman–Crippen LogP) is 2.75. The van der Waals surface area contributed by atoms with Crippen molar-refractivity contribution in [1.82, 2.24) is 9.97 Å². The van der Waals surface area contributed by atoms with Crippen molar-refractivity contribution in [2.45, 2.75) is 0 Å². The fourth-order valence-corrected chi connectivity index (χ4v) is 1.57. The molecule has 0 radical (unpaired) electrons. The SMILES string of the molecule is COc1ccc(Cl)cc1Nc1cc(C#N)ncn1. The quantitative estimate of drug-likeness (QED) is 0.919. The largest absolute Gasteiger partial charge is 0.495 e. The molecule has 2 aromatic rings. The Morgan fingerprint density at radius 2 is 2.17 bits per heavy atom. The summed E-state index contributed by atoms with van der Waals surface area (Å²) in [7, 11) is 1.56. The van der Waals surface area contributed by atoms with Gasteiger partial charge in [0.15, 0.2) is 0 Å². The van der Waals surface area contributed by atoms with Gasteiger partial charge in [-0.25, -0.2) is 9.97 Å². The average molecular weight is 261 g/mol. The second-order valence-electron chi connectivity index (χ2n) is 3.37. The first-order chi connectivity index (χ1) is 8.72. The van der Waals surface area contributed by atoms with E-state index in [1.807, 2.05) is 6.07 Å². The Labute approximate surface area is 109 Å². The van der Waals surface area contributed by atoms with E-state index in [9.17, 15) is 0 Å². The van der Waals surface area contributed by atoms with Gasteiger partial charge in [0.25, 0.3) is 0 Å². The molecule has 5 nitrogen and oxygen atoms in total. The van der Waals surface area contributed by atoms with Crippen LogP contribution in [-0.4, -0.2) is 17.1 Å². The van der Waals surface area contributed by atoms with Crippen molar-refractivity contribution in [2.75, 3.05) is 12.4 Å². The van der Waals surface area contributed by atoms with E-state index in [0.717, 1.165) is 0 Å². The molecule has 0 saturated carbocycles. The minimum Gasteiger partial charge on any atom is -0.495 e. The van der Waals surface area contributed by atoms with E-state index in [4.69, 9.17) is 21.6 Å². The Hall–Kier alpha value is -2.32. The number of hydrogen-bond acceptors (Lipinski definition) is 5. The Balaban J connectivity index is 2.33. The molecular weight excluding hydrogens is 252 g/mol. The predicted molar refractivity (Wildman–Crippen MR) is 68.0 cm³/mol. The van der Waals surface area contributed by atoms with Gasteiger partial charge in [0.1, 0.15) is 29.7 Å². The van der Waals surface area contributed by atoms with Gasteiger partial charge in [-0.15, -0.1) is 0 Å². The lowest BCUT2D eigenvalue weighted by Crippen LogP contribution is -1.98. The van der Waals surface area contributed by atoms with Crippen LogP contribution in [0.3, 0.4) is 0 Å². The highest BCUT2D eigenvalue weighted by Gasteiger charge is 2.05. The van der Waals surface area contributed by atoms with Crippen LogP contribution in [0.2, 0.25) is 5.02 Å². The summed E-state index contributed by atoms with van der Waals surface area (Å²) in [5, 5.41) is 12.4. The summed E-state index contributed by atoms with van der Waals surface area (Å²) in [6.45, 7) is 0. The summed E-state index contributed by atoms with van der Waals surface area (Å²) in [4.78, 5) is 7.81. The molecule has 0 amide bonds. The lowest BCUT2D eigenvalue weighted by Gasteiger charge is -2.10. The van der Waals surface area contributed by atoms with Crippen molar-refractivity contribution >= 4 is 23.1 Å². The number of nitrogens with one attached hydrogen (secondary N) is 1. The summed E-state index contributed by atoms with van der Waals surface area (Å²) in [5.41, 5.74) is 0.959. The van der Waals surface area contributed by atoms with Crippen LogP contribution in [0.25, 0.3) is 0 Å². The van der Waals surface area contributed by atoms with Crippen molar-refractivity contribution in [3.63, 3.8) is 0 Å². The van der Waals surface area contributed by atoms with Crippen LogP contribution >= 0.6 is 11.6 Å². The topological polar surface area (TPSA) is 70.8 Å². The molecule has 0 saturated heterocycles. The second-order valence-corrected chi connectivity index (χ2v) is 3.81. The number of aromatic nitrogens is 2. The number of hydrogen-bond donors (Lipinski definition) is 1. The molecule has 0 aliphatic rings. The van der Waals surface area contributed by atoms with E-state index in [1.54, 1.807) is 31.4 Å². The third-order valence-corrected chi connectivity index (χ3v) is 2.44. The van der Waals surface area contributed by atoms with Crippen LogP contribution in [0.15, 0.2) is 30.6 Å². The van der Waals surface area contributed by atoms with Crippen LogP contribution in [0.1, 0.15) is 5.69 Å². The number of ether oxygens (including phenoxy) is 1. The standard InChI is InChI=1S/C12H9ClN4O/c1-18-11-3-2-8(13)4-10(11)17-12-5-9(6-14)15-7-16-12/h2-5,7H,1H3,(H,15,16,17). The Morgan fingerprint density at radius 1 is 1.33 bits per heavy atom. The Kier molecular flexibility index (Phi) is 3.60. The van der Waals surface area contributed by atoms with Crippen LogP contribution < -0.4 is 10.1 Å². The van der Waals surface area contributed by atoms with Crippen LogP contribution in [0.5, 0.6) is 5.75 Å². The maximum atomic E-state index is 8.76. The van der Waals surface area contributed by atoms with E-state index < -0.39 is 0 Å². The Morgan fingerprint density at radius 3 is 2.89 bits per heavy atom. The molecule has 1 aromatic carbocycles. The lowest BCUT2D eigenvalue weighted by atomic mass is 10.3. The first-order valence-electron chi connectivity index (χ1n) is 5.05. The molecule has 0 atom stereocenters. The van der Waals surface area contributed by atoms with Gasteiger partial charge < -0.3 is 10.1 Å². The summed E-state index contributed by atoms with van der Waals surface area (Å²) in [6.07, 6.45) is 1.32. The maximum absolute atomic E-state index is 8.76. The molecule has 0 aliphatic carbocycles. The zero-order valence-corrected chi connectivity index (χ0v) is 10.3. The zero-order chi connectivity index (χ0) is 13.0. The molecule has 0 aliphatic heterocycles. The average Bonchev–Trinajstić information content (AvgIpc) is 2.39. The van der Waals surface area contributed by atoms with Gasteiger partial charge in [0.05, 0.1) is 12.8 Å². The molecule has 0 fully saturated rings. The van der Waals surface area contributed by atoms with Crippen molar-refractivity contribution in [1.29, 1.82) is 5.26 Å². The van der Waals surface area contributed by atoms with Gasteiger partial charge >= 0.3 is 0 Å². The van der Waals surface area contributed by atoms with Crippen molar-refractivity contribution in [3.05, 3.63) is 41.3 Å². The highest BCUT2D eigenvalue weighted by Crippen LogP contribution is 2.29.